The summed E-state index contributed by atoms with van der Waals surface area (Å²) in [6.07, 6.45) is -0.746. The number of nitrogen functional groups attached to an aromatic ring is 1. The summed E-state index contributed by atoms with van der Waals surface area (Å²) in [4.78, 5) is 74.4. The molecule has 1 unspecified atom stereocenters. The fourth-order valence-corrected chi connectivity index (χ4v) is 4.43. The number of anilines is 4. The third-order valence-corrected chi connectivity index (χ3v) is 6.86. The molecule has 4 aromatic rings. The Kier molecular flexibility index (Phi) is 11.3. The number of carbonyl (C=O) groups excluding carboxylic acids is 5. The molecule has 0 aliphatic rings. The smallest absolute Gasteiger partial charge is 0.335 e. The molecule has 14 heteroatoms. The maximum Gasteiger partial charge on any atom is 0.335 e. The van der Waals surface area contributed by atoms with Gasteiger partial charge in [-0.05, 0) is 105 Å². The average Bonchev–Trinajstić information content (AvgIpc) is 3.05. The first-order chi connectivity index (χ1) is 23.3. The van der Waals surface area contributed by atoms with Crippen LogP contribution in [-0.2, 0) is 9.59 Å². The number of amides is 5. The normalized spacial score (nSPS) is 11.2. The molecule has 14 nitrogen and oxygen atoms in total. The Balaban J connectivity index is 1.42. The van der Waals surface area contributed by atoms with E-state index in [1.54, 1.807) is 13.8 Å². The van der Waals surface area contributed by atoms with Crippen LogP contribution in [0.5, 0.6) is 5.75 Å². The lowest BCUT2D eigenvalue weighted by Crippen LogP contribution is -2.46. The van der Waals surface area contributed by atoms with Crippen LogP contribution in [0, 0.1) is 0 Å². The number of carboxylic acid groups (broad SMARTS) is 1. The largest absolute Gasteiger partial charge is 0.489 e. The third-order valence-electron chi connectivity index (χ3n) is 6.86. The molecule has 49 heavy (non-hydrogen) atoms. The monoisotopic (exact) mass is 666 g/mol. The molecule has 0 aliphatic carbocycles. The molecule has 0 spiro atoms. The number of rotatable bonds is 13. The minimum absolute atomic E-state index is 0.0790. The van der Waals surface area contributed by atoms with Gasteiger partial charge in [-0.1, -0.05) is 0 Å². The van der Waals surface area contributed by atoms with E-state index in [0.717, 1.165) is 0 Å². The van der Waals surface area contributed by atoms with E-state index >= 15 is 0 Å². The molecule has 0 radical (unpaired) electrons. The second-order valence-electron chi connectivity index (χ2n) is 11.1. The molecular formula is C35H34N6O8. The molecule has 5 amide bonds. The molecule has 0 bridgehead atoms. The molecule has 9 N–H and O–H groups in total. The molecule has 0 aliphatic heterocycles. The fourth-order valence-electron chi connectivity index (χ4n) is 4.43. The van der Waals surface area contributed by atoms with Crippen LogP contribution < -0.4 is 37.5 Å². The molecule has 1 atom stereocenters. The summed E-state index contributed by atoms with van der Waals surface area (Å²) in [5.41, 5.74) is 13.2. The second-order valence-corrected chi connectivity index (χ2v) is 11.1. The number of benzene rings is 4. The number of carboxylic acids is 1. The summed E-state index contributed by atoms with van der Waals surface area (Å²) >= 11 is 0. The van der Waals surface area contributed by atoms with E-state index in [4.69, 9.17) is 21.3 Å². The molecule has 0 aromatic heterocycles. The number of ether oxygens (including phenoxy) is 1. The summed E-state index contributed by atoms with van der Waals surface area (Å²) in [5.74, 6) is -3.93. The van der Waals surface area contributed by atoms with Crippen LogP contribution >= 0.6 is 0 Å². The summed E-state index contributed by atoms with van der Waals surface area (Å²) in [7, 11) is 0. The summed E-state index contributed by atoms with van der Waals surface area (Å²) in [6, 6.07) is 20.8. The Hall–Kier alpha value is -6.70. The maximum absolute atomic E-state index is 13.1. The van der Waals surface area contributed by atoms with E-state index in [1.807, 2.05) is 0 Å². The highest BCUT2D eigenvalue weighted by Gasteiger charge is 2.24. The van der Waals surface area contributed by atoms with E-state index in [0.29, 0.717) is 17.1 Å². The van der Waals surface area contributed by atoms with Crippen molar-refractivity contribution >= 4 is 58.3 Å². The van der Waals surface area contributed by atoms with Crippen LogP contribution in [-0.4, -0.2) is 52.8 Å². The van der Waals surface area contributed by atoms with Gasteiger partial charge < -0.3 is 42.6 Å². The minimum atomic E-state index is -1.27. The number of primary amides is 1. The van der Waals surface area contributed by atoms with Crippen molar-refractivity contribution in [3.63, 3.8) is 0 Å². The van der Waals surface area contributed by atoms with Crippen LogP contribution in [0.25, 0.3) is 0 Å². The quantitative estimate of drug-likeness (QED) is 0.103. The van der Waals surface area contributed by atoms with Crippen molar-refractivity contribution in [1.82, 2.24) is 5.32 Å². The topological polar surface area (TPSA) is 232 Å². The Bertz CT molecular complexity index is 1870. The average molecular weight is 667 g/mol. The van der Waals surface area contributed by atoms with Gasteiger partial charge in [0.15, 0.2) is 0 Å². The van der Waals surface area contributed by atoms with Crippen molar-refractivity contribution in [3.05, 3.63) is 113 Å². The van der Waals surface area contributed by atoms with E-state index in [9.17, 15) is 28.8 Å². The van der Waals surface area contributed by atoms with Gasteiger partial charge in [0.2, 0.25) is 11.8 Å². The van der Waals surface area contributed by atoms with E-state index < -0.39 is 48.0 Å². The van der Waals surface area contributed by atoms with E-state index in [2.05, 4.69) is 21.3 Å². The standard InChI is InChI=1S/C35H34N6O8/c1-19(2)49-29-17-23(33(45)38-25-14-7-22(8-15-25)35(47)48)9-16-27(29)40-31(43)21-5-12-26(13-6-21)39-34(46)28(18-30(37)42)41-32(44)20-3-10-24(36)11-4-20/h3-17,19,28H,18,36H2,1-2H3,(H2,37,42)(H,38,45)(H,39,46)(H,40,43)(H,41,44)(H,47,48). The van der Waals surface area contributed by atoms with Crippen LogP contribution in [0.3, 0.4) is 0 Å². The number of nitrogens with two attached hydrogens (primary N) is 2. The first-order valence-corrected chi connectivity index (χ1v) is 14.9. The Morgan fingerprint density at radius 2 is 1.18 bits per heavy atom. The third kappa shape index (κ3) is 9.89. The van der Waals surface area contributed by atoms with E-state index in [1.165, 1.54) is 91.0 Å². The molecule has 252 valence electrons. The molecule has 0 heterocycles. The van der Waals surface area contributed by atoms with Crippen LogP contribution in [0.2, 0.25) is 0 Å². The predicted octanol–water partition coefficient (Wildman–Crippen LogP) is 3.87. The number of nitrogens with one attached hydrogen (secondary N) is 4. The van der Waals surface area contributed by atoms with Gasteiger partial charge in [0.05, 0.1) is 23.8 Å². The van der Waals surface area contributed by atoms with Crippen molar-refractivity contribution in [2.45, 2.75) is 32.4 Å². The molecule has 0 saturated heterocycles. The fraction of sp³-hybridized carbons (Fsp3) is 0.143. The molecule has 0 fully saturated rings. The van der Waals surface area contributed by atoms with Gasteiger partial charge in [0.25, 0.3) is 17.7 Å². The molecule has 4 rings (SSSR count). The summed E-state index contributed by atoms with van der Waals surface area (Å²) in [5, 5.41) is 19.6. The van der Waals surface area contributed by atoms with Gasteiger partial charge >= 0.3 is 5.97 Å². The summed E-state index contributed by atoms with van der Waals surface area (Å²) in [6.45, 7) is 3.57. The van der Waals surface area contributed by atoms with Gasteiger partial charge in [-0.2, -0.15) is 0 Å². The lowest BCUT2D eigenvalue weighted by Gasteiger charge is -2.18. The van der Waals surface area contributed by atoms with Crippen LogP contribution in [0.4, 0.5) is 22.7 Å². The van der Waals surface area contributed by atoms with Gasteiger partial charge in [-0.15, -0.1) is 0 Å². The van der Waals surface area contributed by atoms with Gasteiger partial charge in [0, 0.05) is 33.8 Å². The van der Waals surface area contributed by atoms with Crippen molar-refractivity contribution in [1.29, 1.82) is 0 Å². The SMILES string of the molecule is CC(C)Oc1cc(C(=O)Nc2ccc(C(=O)O)cc2)ccc1NC(=O)c1ccc(NC(=O)C(CC(N)=O)NC(=O)c2ccc(N)cc2)cc1. The maximum atomic E-state index is 13.1. The van der Waals surface area contributed by atoms with E-state index in [-0.39, 0.29) is 39.8 Å². The number of hydrogen-bond donors (Lipinski definition) is 7. The number of carbonyl (C=O) groups is 6. The van der Waals surface area contributed by atoms with Gasteiger partial charge in [-0.25, -0.2) is 4.79 Å². The van der Waals surface area contributed by atoms with Crippen molar-refractivity contribution < 1.29 is 38.6 Å². The van der Waals surface area contributed by atoms with Crippen molar-refractivity contribution in [2.24, 2.45) is 5.73 Å². The highest BCUT2D eigenvalue weighted by molar-refractivity contribution is 6.08. The molecule has 0 saturated carbocycles. The Morgan fingerprint density at radius 3 is 1.76 bits per heavy atom. The summed E-state index contributed by atoms with van der Waals surface area (Å²) < 4.78 is 5.86. The predicted molar refractivity (Wildman–Crippen MR) is 183 cm³/mol. The first-order valence-electron chi connectivity index (χ1n) is 14.9. The lowest BCUT2D eigenvalue weighted by molar-refractivity contribution is -0.123. The zero-order valence-electron chi connectivity index (χ0n) is 26.5. The first kappa shape index (κ1) is 35.2. The van der Waals surface area contributed by atoms with Crippen molar-refractivity contribution in [3.8, 4) is 5.75 Å². The highest BCUT2D eigenvalue weighted by atomic mass is 16.5. The minimum Gasteiger partial charge on any atom is -0.489 e. The van der Waals surface area contributed by atoms with Crippen molar-refractivity contribution in [2.75, 3.05) is 21.7 Å². The zero-order chi connectivity index (χ0) is 35.7. The van der Waals surface area contributed by atoms with Crippen LogP contribution in [0.1, 0.15) is 61.7 Å². The number of hydrogen-bond acceptors (Lipinski definition) is 8. The van der Waals surface area contributed by atoms with Gasteiger partial charge in [0.1, 0.15) is 11.8 Å². The highest BCUT2D eigenvalue weighted by Crippen LogP contribution is 2.28. The molecule has 4 aromatic carbocycles. The van der Waals surface area contributed by atoms with Gasteiger partial charge in [-0.3, -0.25) is 24.0 Å². The second kappa shape index (κ2) is 15.7. The Morgan fingerprint density at radius 1 is 0.673 bits per heavy atom. The van der Waals surface area contributed by atoms with Crippen LogP contribution in [0.15, 0.2) is 91.0 Å². The number of aromatic carboxylic acids is 1. The lowest BCUT2D eigenvalue weighted by atomic mass is 10.1. The zero-order valence-corrected chi connectivity index (χ0v) is 26.5. The molecular weight excluding hydrogens is 632 g/mol. The Labute approximate surface area is 280 Å².